The van der Waals surface area contributed by atoms with Gasteiger partial charge in [-0.25, -0.2) is 0 Å². The van der Waals surface area contributed by atoms with Gasteiger partial charge in [-0.05, 0) is 54.7 Å². The van der Waals surface area contributed by atoms with Gasteiger partial charge in [-0.1, -0.05) is 31.5 Å². The summed E-state index contributed by atoms with van der Waals surface area (Å²) < 4.78 is 1.42. The van der Waals surface area contributed by atoms with Crippen LogP contribution in [0.1, 0.15) is 38.2 Å². The zero-order chi connectivity index (χ0) is 14.5. The molecule has 21 heavy (non-hydrogen) atoms. The Morgan fingerprint density at radius 3 is 3.10 bits per heavy atom. The fourth-order valence-corrected chi connectivity index (χ4v) is 4.27. The van der Waals surface area contributed by atoms with Crippen molar-refractivity contribution in [2.75, 3.05) is 19.6 Å². The average molecular weight is 302 g/mol. The first-order chi connectivity index (χ1) is 10.4. The Bertz CT molecular complexity index is 563. The summed E-state index contributed by atoms with van der Waals surface area (Å²) >= 11 is 1.88. The molecule has 2 aromatic rings. The van der Waals surface area contributed by atoms with Crippen LogP contribution in [0, 0.1) is 0 Å². The van der Waals surface area contributed by atoms with Crippen molar-refractivity contribution in [2.24, 2.45) is 0 Å². The lowest BCUT2D eigenvalue weighted by Crippen LogP contribution is -2.45. The maximum Gasteiger partial charge on any atom is 0.0346 e. The average Bonchev–Trinajstić information content (AvgIpc) is 2.93. The standard InChI is InChI=1S/C18H26N2S/c1-2-10-19-12-16-7-5-6-11-20(16)13-15-14-21-18-9-4-3-8-17(15)18/h3-4,8-9,14,16,19H,2,5-7,10-13H2,1H3. The molecule has 0 saturated carbocycles. The molecule has 2 heterocycles. The van der Waals surface area contributed by atoms with Crippen LogP contribution in [0.2, 0.25) is 0 Å². The van der Waals surface area contributed by atoms with Crippen LogP contribution < -0.4 is 5.32 Å². The number of likely N-dealkylation sites (tertiary alicyclic amines) is 1. The second kappa shape index (κ2) is 7.39. The lowest BCUT2D eigenvalue weighted by Gasteiger charge is -2.36. The van der Waals surface area contributed by atoms with Crippen molar-refractivity contribution in [1.29, 1.82) is 0 Å². The van der Waals surface area contributed by atoms with E-state index in [9.17, 15) is 0 Å². The number of rotatable bonds is 6. The van der Waals surface area contributed by atoms with Gasteiger partial charge < -0.3 is 5.32 Å². The highest BCUT2D eigenvalue weighted by atomic mass is 32.1. The van der Waals surface area contributed by atoms with E-state index in [2.05, 4.69) is 46.8 Å². The molecule has 1 saturated heterocycles. The molecule has 0 spiro atoms. The van der Waals surface area contributed by atoms with Crippen LogP contribution >= 0.6 is 11.3 Å². The lowest BCUT2D eigenvalue weighted by molar-refractivity contribution is 0.138. The minimum atomic E-state index is 0.712. The number of hydrogen-bond donors (Lipinski definition) is 1. The van der Waals surface area contributed by atoms with Crippen LogP contribution in [0.25, 0.3) is 10.1 Å². The summed E-state index contributed by atoms with van der Waals surface area (Å²) in [6, 6.07) is 9.52. The van der Waals surface area contributed by atoms with Crippen molar-refractivity contribution in [3.8, 4) is 0 Å². The zero-order valence-corrected chi connectivity index (χ0v) is 13.8. The van der Waals surface area contributed by atoms with Crippen molar-refractivity contribution in [3.05, 3.63) is 35.2 Å². The number of hydrogen-bond acceptors (Lipinski definition) is 3. The second-order valence-electron chi connectivity index (χ2n) is 6.08. The van der Waals surface area contributed by atoms with E-state index in [1.54, 1.807) is 0 Å². The number of nitrogens with zero attached hydrogens (tertiary/aromatic N) is 1. The maximum atomic E-state index is 3.61. The Kier molecular flexibility index (Phi) is 5.28. The van der Waals surface area contributed by atoms with Gasteiger partial charge in [0.15, 0.2) is 0 Å². The van der Waals surface area contributed by atoms with Gasteiger partial charge in [-0.15, -0.1) is 11.3 Å². The minimum Gasteiger partial charge on any atom is -0.315 e. The fourth-order valence-electron chi connectivity index (χ4n) is 3.32. The molecule has 1 aromatic carbocycles. The van der Waals surface area contributed by atoms with Gasteiger partial charge in [0, 0.05) is 23.8 Å². The summed E-state index contributed by atoms with van der Waals surface area (Å²) in [5, 5.41) is 7.42. The summed E-state index contributed by atoms with van der Waals surface area (Å²) in [5.41, 5.74) is 1.51. The molecule has 1 fully saturated rings. The SMILES string of the molecule is CCCNCC1CCCCN1Cc1csc2ccccc12. The predicted octanol–water partition coefficient (Wildman–Crippen LogP) is 4.26. The fraction of sp³-hybridized carbons (Fsp3) is 0.556. The van der Waals surface area contributed by atoms with Crippen molar-refractivity contribution < 1.29 is 0 Å². The molecule has 1 aliphatic heterocycles. The number of piperidine rings is 1. The Hall–Kier alpha value is -0.900. The van der Waals surface area contributed by atoms with Crippen LogP contribution in [0.3, 0.4) is 0 Å². The van der Waals surface area contributed by atoms with Gasteiger partial charge in [-0.3, -0.25) is 4.90 Å². The van der Waals surface area contributed by atoms with E-state index in [0.717, 1.165) is 19.6 Å². The smallest absolute Gasteiger partial charge is 0.0346 e. The molecule has 0 aliphatic carbocycles. The van der Waals surface area contributed by atoms with E-state index in [1.807, 2.05) is 11.3 Å². The molecule has 3 heteroatoms. The molecule has 1 N–H and O–H groups in total. The van der Waals surface area contributed by atoms with Crippen LogP contribution in [-0.4, -0.2) is 30.6 Å². The van der Waals surface area contributed by atoms with Gasteiger partial charge in [0.25, 0.3) is 0 Å². The van der Waals surface area contributed by atoms with Crippen molar-refractivity contribution in [2.45, 2.75) is 45.2 Å². The van der Waals surface area contributed by atoms with Crippen LogP contribution in [0.4, 0.5) is 0 Å². The molecule has 3 rings (SSSR count). The Labute approximate surface area is 132 Å². The summed E-state index contributed by atoms with van der Waals surface area (Å²) in [7, 11) is 0. The van der Waals surface area contributed by atoms with E-state index in [1.165, 1.54) is 47.9 Å². The highest BCUT2D eigenvalue weighted by Gasteiger charge is 2.22. The molecule has 1 aliphatic rings. The molecule has 1 atom stereocenters. The third-order valence-corrected chi connectivity index (χ3v) is 5.50. The van der Waals surface area contributed by atoms with Gasteiger partial charge in [-0.2, -0.15) is 0 Å². The highest BCUT2D eigenvalue weighted by molar-refractivity contribution is 7.17. The topological polar surface area (TPSA) is 15.3 Å². The third kappa shape index (κ3) is 3.65. The lowest BCUT2D eigenvalue weighted by atomic mass is 10.0. The monoisotopic (exact) mass is 302 g/mol. The Balaban J connectivity index is 1.69. The molecule has 1 unspecified atom stereocenters. The van der Waals surface area contributed by atoms with Crippen molar-refractivity contribution >= 4 is 21.4 Å². The van der Waals surface area contributed by atoms with Crippen LogP contribution in [-0.2, 0) is 6.54 Å². The van der Waals surface area contributed by atoms with E-state index in [0.29, 0.717) is 6.04 Å². The van der Waals surface area contributed by atoms with E-state index in [4.69, 9.17) is 0 Å². The second-order valence-corrected chi connectivity index (χ2v) is 6.99. The van der Waals surface area contributed by atoms with Crippen LogP contribution in [0.5, 0.6) is 0 Å². The molecule has 0 amide bonds. The van der Waals surface area contributed by atoms with Crippen LogP contribution in [0.15, 0.2) is 29.6 Å². The third-order valence-electron chi connectivity index (χ3n) is 4.49. The van der Waals surface area contributed by atoms with Crippen molar-refractivity contribution in [3.63, 3.8) is 0 Å². The number of fused-ring (bicyclic) bond motifs is 1. The molecule has 114 valence electrons. The number of nitrogens with one attached hydrogen (secondary N) is 1. The molecule has 0 bridgehead atoms. The number of thiophene rings is 1. The summed E-state index contributed by atoms with van der Waals surface area (Å²) in [6.45, 7) is 6.90. The predicted molar refractivity (Wildman–Crippen MR) is 93.0 cm³/mol. The first-order valence-corrected chi connectivity index (χ1v) is 9.16. The normalized spacial score (nSPS) is 20.1. The van der Waals surface area contributed by atoms with Gasteiger partial charge in [0.2, 0.25) is 0 Å². The first-order valence-electron chi connectivity index (χ1n) is 8.28. The molecule has 1 aromatic heterocycles. The largest absolute Gasteiger partial charge is 0.315 e. The molecule has 2 nitrogen and oxygen atoms in total. The van der Waals surface area contributed by atoms with E-state index >= 15 is 0 Å². The first kappa shape index (κ1) is 15.0. The van der Waals surface area contributed by atoms with Gasteiger partial charge in [0.1, 0.15) is 0 Å². The summed E-state index contributed by atoms with van der Waals surface area (Å²) in [5.74, 6) is 0. The van der Waals surface area contributed by atoms with Gasteiger partial charge >= 0.3 is 0 Å². The van der Waals surface area contributed by atoms with E-state index in [-0.39, 0.29) is 0 Å². The maximum absolute atomic E-state index is 3.61. The summed E-state index contributed by atoms with van der Waals surface area (Å²) in [4.78, 5) is 2.70. The zero-order valence-electron chi connectivity index (χ0n) is 13.0. The summed E-state index contributed by atoms with van der Waals surface area (Å²) in [6.07, 6.45) is 5.31. The van der Waals surface area contributed by atoms with Gasteiger partial charge in [0.05, 0.1) is 0 Å². The molecule has 0 radical (unpaired) electrons. The Morgan fingerprint density at radius 2 is 2.19 bits per heavy atom. The quantitative estimate of drug-likeness (QED) is 0.802. The minimum absolute atomic E-state index is 0.712. The number of benzene rings is 1. The van der Waals surface area contributed by atoms with Crippen molar-refractivity contribution in [1.82, 2.24) is 10.2 Å². The highest BCUT2D eigenvalue weighted by Crippen LogP contribution is 2.28. The molecular formula is C18H26N2S. The Morgan fingerprint density at radius 1 is 1.29 bits per heavy atom. The molecular weight excluding hydrogens is 276 g/mol. The van der Waals surface area contributed by atoms with E-state index < -0.39 is 0 Å².